The first-order valence-electron chi connectivity index (χ1n) is 14.7. The van der Waals surface area contributed by atoms with E-state index in [1.54, 1.807) is 0 Å². The molecule has 1 heterocycles. The number of hydrogen-bond donors (Lipinski definition) is 0. The van der Waals surface area contributed by atoms with Gasteiger partial charge in [-0.05, 0) is 74.2 Å². The number of aromatic nitrogens is 1. The van der Waals surface area contributed by atoms with Gasteiger partial charge in [0.15, 0.2) is 0 Å². The highest BCUT2D eigenvalue weighted by molar-refractivity contribution is 5.93. The second kappa shape index (κ2) is 17.4. The molecule has 0 bridgehead atoms. The molecule has 0 atom stereocenters. The molecule has 0 saturated heterocycles. The Morgan fingerprint density at radius 1 is 0.854 bits per heavy atom. The van der Waals surface area contributed by atoms with Crippen LogP contribution in [0.5, 0.6) is 0 Å². The predicted molar refractivity (Wildman–Crippen MR) is 186 cm³/mol. The van der Waals surface area contributed by atoms with Crippen LogP contribution in [-0.2, 0) is 13.5 Å². The van der Waals surface area contributed by atoms with Gasteiger partial charge in [-0.2, -0.15) is 0 Å². The molecule has 0 unspecified atom stereocenters. The van der Waals surface area contributed by atoms with Crippen molar-refractivity contribution in [3.8, 4) is 0 Å². The molecule has 0 aliphatic heterocycles. The molecular weight excluding hydrogens is 496 g/mol. The minimum atomic E-state index is 1.09. The van der Waals surface area contributed by atoms with Crippen LogP contribution >= 0.6 is 0 Å². The van der Waals surface area contributed by atoms with Crippen molar-refractivity contribution in [1.82, 2.24) is 4.57 Å². The van der Waals surface area contributed by atoms with Crippen molar-refractivity contribution in [2.45, 2.75) is 53.9 Å². The first-order valence-corrected chi connectivity index (χ1v) is 14.7. The Labute approximate surface area is 249 Å². The zero-order valence-electron chi connectivity index (χ0n) is 26.0. The van der Waals surface area contributed by atoms with Crippen molar-refractivity contribution >= 4 is 34.4 Å². The lowest BCUT2D eigenvalue weighted by atomic mass is 10.0. The van der Waals surface area contributed by atoms with Gasteiger partial charge in [-0.3, -0.25) is 0 Å². The monoisotopic (exact) mass is 544 g/mol. The Bertz CT molecular complexity index is 1460. The Hall–Kier alpha value is -4.30. The van der Waals surface area contributed by atoms with Gasteiger partial charge in [0.2, 0.25) is 0 Å². The maximum atomic E-state index is 3.93. The van der Waals surface area contributed by atoms with Crippen LogP contribution < -0.4 is 4.90 Å². The predicted octanol–water partition coefficient (Wildman–Crippen LogP) is 11.7. The first kappa shape index (κ1) is 32.9. The highest BCUT2D eigenvalue weighted by Crippen LogP contribution is 2.35. The van der Waals surface area contributed by atoms with Crippen molar-refractivity contribution in [3.63, 3.8) is 0 Å². The van der Waals surface area contributed by atoms with Gasteiger partial charge in [-0.15, -0.1) is 0 Å². The fourth-order valence-corrected chi connectivity index (χ4v) is 4.84. The Kier molecular flexibility index (Phi) is 14.0. The third kappa shape index (κ3) is 8.11. The van der Waals surface area contributed by atoms with E-state index in [1.807, 2.05) is 51.3 Å². The third-order valence-electron chi connectivity index (χ3n) is 6.99. The summed E-state index contributed by atoms with van der Waals surface area (Å²) in [5.74, 6) is 0. The second-order valence-electron chi connectivity index (χ2n) is 9.45. The molecule has 0 N–H and O–H groups in total. The van der Waals surface area contributed by atoms with Gasteiger partial charge in [-0.25, -0.2) is 0 Å². The number of rotatable bonds is 10. The number of hydrogen-bond acceptors (Lipinski definition) is 1. The third-order valence-corrected chi connectivity index (χ3v) is 6.99. The van der Waals surface area contributed by atoms with Gasteiger partial charge in [0.05, 0.1) is 0 Å². The highest BCUT2D eigenvalue weighted by Gasteiger charge is 2.18. The van der Waals surface area contributed by atoms with E-state index in [0.717, 1.165) is 23.4 Å². The zero-order valence-corrected chi connectivity index (χ0v) is 26.0. The van der Waals surface area contributed by atoms with Gasteiger partial charge in [0.1, 0.15) is 0 Å². The lowest BCUT2D eigenvalue weighted by Crippen LogP contribution is -2.19. The molecule has 0 saturated carbocycles. The van der Waals surface area contributed by atoms with Gasteiger partial charge in [-0.1, -0.05) is 120 Å². The molecule has 4 aromatic rings. The average molecular weight is 545 g/mol. The summed E-state index contributed by atoms with van der Waals surface area (Å²) in [5.41, 5.74) is 9.70. The van der Waals surface area contributed by atoms with Crippen LogP contribution in [0.25, 0.3) is 23.1 Å². The van der Waals surface area contributed by atoms with E-state index in [4.69, 9.17) is 0 Å². The topological polar surface area (TPSA) is 8.17 Å². The fourth-order valence-electron chi connectivity index (χ4n) is 4.84. The molecule has 4 rings (SSSR count). The maximum absolute atomic E-state index is 3.93. The lowest BCUT2D eigenvalue weighted by molar-refractivity contribution is 0.794. The molecule has 0 radical (unpaired) electrons. The minimum absolute atomic E-state index is 1.09. The summed E-state index contributed by atoms with van der Waals surface area (Å²) in [6.07, 6.45) is 13.4. The molecule has 0 spiro atoms. The smallest absolute Gasteiger partial charge is 0.0493 e. The molecule has 41 heavy (non-hydrogen) atoms. The van der Waals surface area contributed by atoms with Crippen LogP contribution in [0.4, 0.5) is 11.4 Å². The fraction of sp³-hybridized carbons (Fsp3) is 0.231. The van der Waals surface area contributed by atoms with Crippen LogP contribution in [0, 0.1) is 0 Å². The number of benzene rings is 3. The van der Waals surface area contributed by atoms with E-state index in [9.17, 15) is 0 Å². The first-order chi connectivity index (χ1) is 20.0. The second-order valence-corrected chi connectivity index (χ2v) is 9.45. The summed E-state index contributed by atoms with van der Waals surface area (Å²) in [6, 6.07) is 27.6. The SMILES string of the molecule is C=C/C=C(\C(C)=C/C)N(c1ccccc1)c1ccccc1CCCC.C=Cc1c(C=C)n(C)c2ccccc12.CC. The van der Waals surface area contributed by atoms with Gasteiger partial charge >= 0.3 is 0 Å². The van der Waals surface area contributed by atoms with Crippen molar-refractivity contribution < 1.29 is 0 Å². The van der Waals surface area contributed by atoms with Crippen LogP contribution in [0.3, 0.4) is 0 Å². The Balaban J connectivity index is 0.000000309. The molecular formula is C39H48N2. The summed E-state index contributed by atoms with van der Waals surface area (Å²) < 4.78 is 2.14. The molecule has 0 aliphatic carbocycles. The Morgan fingerprint density at radius 2 is 1.49 bits per heavy atom. The number of nitrogens with zero attached hydrogens (tertiary/aromatic N) is 2. The number of anilines is 2. The van der Waals surface area contributed by atoms with Gasteiger partial charge < -0.3 is 9.47 Å². The van der Waals surface area contributed by atoms with E-state index >= 15 is 0 Å². The number of fused-ring (bicyclic) bond motifs is 1. The highest BCUT2D eigenvalue weighted by atomic mass is 15.2. The summed E-state index contributed by atoms with van der Waals surface area (Å²) in [4.78, 5) is 2.35. The lowest BCUT2D eigenvalue weighted by Gasteiger charge is -2.30. The molecule has 3 aromatic carbocycles. The standard InChI is InChI=1S/C24H29N.C13H13N.C2H6/c1-5-8-15-21-16-12-13-19-24(21)25(22-17-10-9-11-18-22)23(14-6-2)20(4)7-3;1-4-10-11-8-6-7-9-13(11)14(3)12(10)5-2;1-2/h6-7,9-14,16-19H,2,5,8,15H2,1,3-4H3;4-9H,1-2H2,3H3;1-2H3/b20-7-,23-14+;;. The van der Waals surface area contributed by atoms with Crippen molar-refractivity contribution in [2.24, 2.45) is 7.05 Å². The zero-order chi connectivity index (χ0) is 30.2. The molecule has 2 heteroatoms. The number of allylic oxidation sites excluding steroid dienone is 4. The van der Waals surface area contributed by atoms with E-state index in [1.165, 1.54) is 46.3 Å². The van der Waals surface area contributed by atoms with Crippen LogP contribution in [0.15, 0.2) is 128 Å². The average Bonchev–Trinajstić information content (AvgIpc) is 3.32. The van der Waals surface area contributed by atoms with Crippen LogP contribution in [-0.4, -0.2) is 4.57 Å². The quantitative estimate of drug-likeness (QED) is 0.180. The number of para-hydroxylation sites is 3. The largest absolute Gasteiger partial charge is 0.344 e. The molecule has 0 amide bonds. The van der Waals surface area contributed by atoms with Crippen molar-refractivity contribution in [2.75, 3.05) is 4.90 Å². The van der Waals surface area contributed by atoms with Gasteiger partial charge in [0, 0.05) is 46.3 Å². The normalized spacial score (nSPS) is 11.1. The van der Waals surface area contributed by atoms with Crippen LogP contribution in [0.2, 0.25) is 0 Å². The van der Waals surface area contributed by atoms with E-state index in [0.29, 0.717) is 0 Å². The van der Waals surface area contributed by atoms with Crippen molar-refractivity contribution in [1.29, 1.82) is 0 Å². The van der Waals surface area contributed by atoms with Crippen molar-refractivity contribution in [3.05, 3.63) is 145 Å². The summed E-state index contributed by atoms with van der Waals surface area (Å²) in [6.45, 7) is 22.1. The minimum Gasteiger partial charge on any atom is -0.344 e. The maximum Gasteiger partial charge on any atom is 0.0493 e. The number of unbranched alkanes of at least 4 members (excludes halogenated alkanes) is 1. The van der Waals surface area contributed by atoms with Crippen LogP contribution in [0.1, 0.15) is 64.3 Å². The summed E-state index contributed by atoms with van der Waals surface area (Å²) in [5, 5.41) is 1.24. The van der Waals surface area contributed by atoms with E-state index in [2.05, 4.69) is 129 Å². The Morgan fingerprint density at radius 3 is 2.10 bits per heavy atom. The molecule has 214 valence electrons. The molecule has 2 nitrogen and oxygen atoms in total. The molecule has 0 fully saturated rings. The van der Waals surface area contributed by atoms with Gasteiger partial charge in [0.25, 0.3) is 0 Å². The molecule has 1 aromatic heterocycles. The summed E-state index contributed by atoms with van der Waals surface area (Å²) in [7, 11) is 2.05. The van der Waals surface area contributed by atoms with E-state index in [-0.39, 0.29) is 0 Å². The summed E-state index contributed by atoms with van der Waals surface area (Å²) >= 11 is 0. The van der Waals surface area contributed by atoms with E-state index < -0.39 is 0 Å². The number of aryl methyl sites for hydroxylation is 2. The molecule has 0 aliphatic rings.